The van der Waals surface area contributed by atoms with Crippen molar-refractivity contribution in [3.05, 3.63) is 42.0 Å². The van der Waals surface area contributed by atoms with Gasteiger partial charge in [0.1, 0.15) is 0 Å². The number of rotatable bonds is 5. The van der Waals surface area contributed by atoms with E-state index < -0.39 is 5.97 Å². The van der Waals surface area contributed by atoms with Gasteiger partial charge in [0.15, 0.2) is 13.0 Å². The number of carbonyl (C=O) groups excluding carboxylic acids is 1. The van der Waals surface area contributed by atoms with Gasteiger partial charge in [0, 0.05) is 5.39 Å². The summed E-state index contributed by atoms with van der Waals surface area (Å²) in [6.45, 7) is 0. The molecule has 1 fully saturated rings. The minimum Gasteiger partial charge on any atom is -0.543 e. The Morgan fingerprint density at radius 3 is 2.68 bits per heavy atom. The zero-order valence-corrected chi connectivity index (χ0v) is 14.2. The highest BCUT2D eigenvalue weighted by atomic mass is 32.2. The first-order valence-corrected chi connectivity index (χ1v) is 8.93. The predicted octanol–water partition coefficient (Wildman–Crippen LogP) is 1.81. The standard InChI is InChI=1S/C17H13B2N3O2S/c18-16-20-21-17(25-9-15(23)24-19)22(16)14-8-7-11(10-5-6-10)12-3-1-2-4-13(12)14/h1-4,7-8,10H,5-6,9H2. The Morgan fingerprint density at radius 1 is 1.20 bits per heavy atom. The molecule has 1 aromatic heterocycles. The van der Waals surface area contributed by atoms with Gasteiger partial charge in [-0.15, -0.1) is 10.2 Å². The molecule has 3 aromatic rings. The van der Waals surface area contributed by atoms with E-state index in [1.54, 1.807) is 4.57 Å². The third-order valence-corrected chi connectivity index (χ3v) is 5.20. The van der Waals surface area contributed by atoms with Gasteiger partial charge >= 0.3 is 8.05 Å². The Balaban J connectivity index is 1.81. The van der Waals surface area contributed by atoms with Crippen molar-refractivity contribution in [2.75, 3.05) is 5.75 Å². The number of hydrogen-bond acceptors (Lipinski definition) is 5. The molecule has 0 spiro atoms. The Bertz CT molecular complexity index is 956. The fourth-order valence-corrected chi connectivity index (χ4v) is 3.75. The van der Waals surface area contributed by atoms with E-state index in [9.17, 15) is 4.79 Å². The molecule has 4 radical (unpaired) electrons. The highest BCUT2D eigenvalue weighted by molar-refractivity contribution is 7.99. The maximum absolute atomic E-state index is 11.3. The second-order valence-electron chi connectivity index (χ2n) is 5.95. The van der Waals surface area contributed by atoms with E-state index in [2.05, 4.69) is 33.1 Å². The van der Waals surface area contributed by atoms with Crippen LogP contribution >= 0.6 is 11.8 Å². The second-order valence-corrected chi connectivity index (χ2v) is 6.89. The summed E-state index contributed by atoms with van der Waals surface area (Å²) >= 11 is 1.18. The van der Waals surface area contributed by atoms with Gasteiger partial charge < -0.3 is 4.65 Å². The van der Waals surface area contributed by atoms with E-state index in [-0.39, 0.29) is 11.5 Å². The average Bonchev–Trinajstić information content (AvgIpc) is 3.42. The summed E-state index contributed by atoms with van der Waals surface area (Å²) in [5.41, 5.74) is 2.53. The molecule has 1 aliphatic rings. The zero-order valence-electron chi connectivity index (χ0n) is 13.4. The fourth-order valence-electron chi connectivity index (χ4n) is 3.01. The summed E-state index contributed by atoms with van der Waals surface area (Å²) < 4.78 is 5.95. The molecule has 0 amide bonds. The number of benzene rings is 2. The monoisotopic (exact) mass is 345 g/mol. The molecule has 0 unspecified atom stereocenters. The number of aromatic nitrogens is 3. The molecule has 1 saturated carbocycles. The largest absolute Gasteiger partial charge is 0.543 e. The summed E-state index contributed by atoms with van der Waals surface area (Å²) in [6.07, 6.45) is 2.47. The summed E-state index contributed by atoms with van der Waals surface area (Å²) in [5, 5.41) is 10.9. The van der Waals surface area contributed by atoms with E-state index >= 15 is 0 Å². The Labute approximate surface area is 152 Å². The topological polar surface area (TPSA) is 57.0 Å². The molecule has 4 rings (SSSR count). The minimum absolute atomic E-state index is 0.0344. The van der Waals surface area contributed by atoms with Gasteiger partial charge in [-0.1, -0.05) is 42.1 Å². The average molecular weight is 345 g/mol. The number of carbonyl (C=O) groups is 1. The number of nitrogens with zero attached hydrogens (tertiary/aromatic N) is 3. The van der Waals surface area contributed by atoms with Gasteiger partial charge in [0.25, 0.3) is 5.97 Å². The van der Waals surface area contributed by atoms with Crippen LogP contribution in [0.25, 0.3) is 16.5 Å². The Kier molecular flexibility index (Phi) is 4.29. The van der Waals surface area contributed by atoms with Crippen LogP contribution in [0.4, 0.5) is 0 Å². The first-order chi connectivity index (χ1) is 12.2. The van der Waals surface area contributed by atoms with Gasteiger partial charge in [-0.2, -0.15) is 0 Å². The summed E-state index contributed by atoms with van der Waals surface area (Å²) in [4.78, 5) is 11.3. The van der Waals surface area contributed by atoms with Crippen molar-refractivity contribution in [1.82, 2.24) is 14.8 Å². The second kappa shape index (κ2) is 6.59. The van der Waals surface area contributed by atoms with E-state index in [4.69, 9.17) is 15.9 Å². The van der Waals surface area contributed by atoms with E-state index in [0.717, 1.165) is 11.1 Å². The highest BCUT2D eigenvalue weighted by Crippen LogP contribution is 2.44. The number of thioether (sulfide) groups is 1. The number of fused-ring (bicyclic) bond motifs is 1. The highest BCUT2D eigenvalue weighted by Gasteiger charge is 2.26. The van der Waals surface area contributed by atoms with Crippen molar-refractivity contribution in [2.45, 2.75) is 23.9 Å². The molecule has 1 heterocycles. The van der Waals surface area contributed by atoms with Crippen LogP contribution in [-0.4, -0.2) is 42.4 Å². The van der Waals surface area contributed by atoms with Crippen LogP contribution in [0.1, 0.15) is 24.3 Å². The lowest BCUT2D eigenvalue weighted by atomic mass is 9.99. The Morgan fingerprint density at radius 2 is 1.96 bits per heavy atom. The summed E-state index contributed by atoms with van der Waals surface area (Å²) in [5.74, 6) is 0.143. The normalized spacial score (nSPS) is 13.9. The van der Waals surface area contributed by atoms with E-state index in [0.29, 0.717) is 11.1 Å². The lowest BCUT2D eigenvalue weighted by Gasteiger charge is -2.14. The SMILES string of the molecule is [B]OC(=O)CSc1nnc([B])n1-c1ccc(C2CC2)c2ccccc12. The predicted molar refractivity (Wildman–Crippen MR) is 98.8 cm³/mol. The van der Waals surface area contributed by atoms with Crippen molar-refractivity contribution in [2.24, 2.45) is 0 Å². The Hall–Kier alpha value is -2.21. The molecule has 0 atom stereocenters. The van der Waals surface area contributed by atoms with Crippen molar-refractivity contribution in [3.63, 3.8) is 0 Å². The number of hydrogen-bond donors (Lipinski definition) is 0. The van der Waals surface area contributed by atoms with Crippen LogP contribution in [0, 0.1) is 0 Å². The van der Waals surface area contributed by atoms with Crippen molar-refractivity contribution in [3.8, 4) is 5.69 Å². The lowest BCUT2D eigenvalue weighted by Crippen LogP contribution is -2.19. The van der Waals surface area contributed by atoms with Crippen LogP contribution in [0.15, 0.2) is 41.6 Å². The molecule has 120 valence electrons. The maximum Gasteiger partial charge on any atom is 0.378 e. The van der Waals surface area contributed by atoms with E-state index in [1.165, 1.54) is 35.6 Å². The molecule has 1 aliphatic carbocycles. The van der Waals surface area contributed by atoms with Crippen LogP contribution in [-0.2, 0) is 9.45 Å². The van der Waals surface area contributed by atoms with Crippen LogP contribution in [0.3, 0.4) is 0 Å². The van der Waals surface area contributed by atoms with Gasteiger partial charge in [0.2, 0.25) is 0 Å². The first kappa shape index (κ1) is 16.3. The minimum atomic E-state index is -0.535. The zero-order chi connectivity index (χ0) is 17.4. The van der Waals surface area contributed by atoms with Gasteiger partial charge in [-0.3, -0.25) is 9.36 Å². The molecular formula is C17H13B2N3O2S. The van der Waals surface area contributed by atoms with Gasteiger partial charge in [-0.05, 0) is 35.8 Å². The summed E-state index contributed by atoms with van der Waals surface area (Å²) in [6, 6.07) is 12.4. The molecule has 25 heavy (non-hydrogen) atoms. The fraction of sp³-hybridized carbons (Fsp3) is 0.235. The molecule has 2 aromatic carbocycles. The van der Waals surface area contributed by atoms with Crippen molar-refractivity contribution >= 4 is 50.1 Å². The molecule has 0 N–H and O–H groups in total. The summed E-state index contributed by atoms with van der Waals surface area (Å²) in [7, 11) is 10.9. The molecule has 0 saturated heterocycles. The van der Waals surface area contributed by atoms with Crippen LogP contribution in [0.2, 0.25) is 0 Å². The van der Waals surface area contributed by atoms with Gasteiger partial charge in [0.05, 0.1) is 17.2 Å². The van der Waals surface area contributed by atoms with Crippen molar-refractivity contribution < 1.29 is 9.45 Å². The molecule has 8 heteroatoms. The maximum atomic E-state index is 11.3. The van der Waals surface area contributed by atoms with Crippen LogP contribution in [0.5, 0.6) is 0 Å². The third-order valence-electron chi connectivity index (χ3n) is 4.30. The van der Waals surface area contributed by atoms with Gasteiger partial charge in [-0.25, -0.2) is 0 Å². The molecule has 0 bridgehead atoms. The molecule has 0 aliphatic heterocycles. The quantitative estimate of drug-likeness (QED) is 0.522. The lowest BCUT2D eigenvalue weighted by molar-refractivity contribution is -0.131. The first-order valence-electron chi connectivity index (χ1n) is 7.94. The van der Waals surface area contributed by atoms with Crippen molar-refractivity contribution in [1.29, 1.82) is 0 Å². The third kappa shape index (κ3) is 3.06. The smallest absolute Gasteiger partial charge is 0.378 e. The van der Waals surface area contributed by atoms with E-state index in [1.807, 2.05) is 18.2 Å². The van der Waals surface area contributed by atoms with Crippen LogP contribution < -0.4 is 5.72 Å². The molecule has 5 nitrogen and oxygen atoms in total. The molecular weight excluding hydrogens is 332 g/mol.